The number of aliphatic hydroxyl groups excluding tert-OH is 1. The highest BCUT2D eigenvalue weighted by atomic mass is 127. The van der Waals surface area contributed by atoms with Crippen LogP contribution in [0.1, 0.15) is 13.8 Å². The normalized spacial score (nSPS) is 14.6. The van der Waals surface area contributed by atoms with E-state index >= 15 is 0 Å². The Balaban J connectivity index is 4.69. The van der Waals surface area contributed by atoms with Crippen LogP contribution in [-0.4, -0.2) is 33.8 Å². The van der Waals surface area contributed by atoms with Crippen molar-refractivity contribution in [3.8, 4) is 0 Å². The number of aliphatic hydroxyl groups is 1. The number of halogens is 5. The lowest BCUT2D eigenvalue weighted by molar-refractivity contribution is -0.247. The second-order valence-corrected chi connectivity index (χ2v) is 5.93. The Bertz CT molecular complexity index is 191. The predicted molar refractivity (Wildman–Crippen MR) is 51.0 cm³/mol. The zero-order chi connectivity index (χ0) is 11.6. The van der Waals surface area contributed by atoms with Crippen LogP contribution in [0.15, 0.2) is 0 Å². The van der Waals surface area contributed by atoms with E-state index in [9.17, 15) is 17.6 Å². The molecule has 0 radical (unpaired) electrons. The lowest BCUT2D eigenvalue weighted by atomic mass is 10.00. The first-order chi connectivity index (χ1) is 6.06. The van der Waals surface area contributed by atoms with Gasteiger partial charge in [-0.2, -0.15) is 17.6 Å². The fourth-order valence-electron chi connectivity index (χ4n) is 0.699. The van der Waals surface area contributed by atoms with E-state index in [-0.39, 0.29) is 0 Å². The van der Waals surface area contributed by atoms with E-state index < -0.39 is 28.7 Å². The Morgan fingerprint density at radius 3 is 1.93 bits per heavy atom. The molecule has 0 aromatic heterocycles. The smallest absolute Gasteiger partial charge is 0.334 e. The summed E-state index contributed by atoms with van der Waals surface area (Å²) in [7, 11) is 0. The maximum absolute atomic E-state index is 13.1. The first kappa shape index (κ1) is 14.4. The third-order valence-electron chi connectivity index (χ3n) is 1.58. The summed E-state index contributed by atoms with van der Waals surface area (Å²) >= 11 is 1.25. The minimum Gasteiger partial charge on any atom is -0.371 e. The molecule has 0 aliphatic rings. The van der Waals surface area contributed by atoms with Crippen molar-refractivity contribution in [3.63, 3.8) is 0 Å². The molecule has 7 heteroatoms. The predicted octanol–water partition coefficient (Wildman–Crippen LogP) is 2.44. The molecule has 0 unspecified atom stereocenters. The molecular formula is C7H11F4IO2. The minimum absolute atomic E-state index is 1.00. The lowest BCUT2D eigenvalue weighted by Gasteiger charge is -2.34. The van der Waals surface area contributed by atoms with Crippen LogP contribution in [0, 0.1) is 0 Å². The Labute approximate surface area is 92.8 Å². The molecule has 0 aliphatic carbocycles. The number of alkyl halides is 5. The molecule has 0 bridgehead atoms. The van der Waals surface area contributed by atoms with Crippen LogP contribution in [-0.2, 0) is 4.74 Å². The van der Waals surface area contributed by atoms with Crippen molar-refractivity contribution >= 4 is 22.6 Å². The van der Waals surface area contributed by atoms with Crippen molar-refractivity contribution in [2.24, 2.45) is 0 Å². The van der Waals surface area contributed by atoms with Crippen molar-refractivity contribution in [1.82, 2.24) is 0 Å². The molecule has 86 valence electrons. The summed E-state index contributed by atoms with van der Waals surface area (Å²) in [6, 6.07) is 0. The molecule has 0 saturated heterocycles. The Morgan fingerprint density at radius 2 is 1.64 bits per heavy atom. The van der Waals surface area contributed by atoms with Crippen LogP contribution < -0.4 is 0 Å². The molecule has 0 fully saturated rings. The molecule has 0 rings (SSSR count). The summed E-state index contributed by atoms with van der Waals surface area (Å²) in [5.41, 5.74) is 0. The third-order valence-corrected chi connectivity index (χ3v) is 2.26. The minimum atomic E-state index is -4.29. The standard InChI is InChI=1S/C7H11F4IO2/c1-5(2,12)7(10,11)6(8,9)3-14-4-13/h13H,3-4H2,1-2H3. The van der Waals surface area contributed by atoms with E-state index in [1.54, 1.807) is 0 Å². The van der Waals surface area contributed by atoms with Crippen molar-refractivity contribution in [1.29, 1.82) is 0 Å². The average molecular weight is 330 g/mol. The summed E-state index contributed by atoms with van der Waals surface area (Å²) in [6.45, 7) is -0.503. The zero-order valence-electron chi connectivity index (χ0n) is 7.66. The molecule has 0 amide bonds. The van der Waals surface area contributed by atoms with Crippen LogP contribution in [0.2, 0.25) is 0 Å². The molecular weight excluding hydrogens is 319 g/mol. The molecule has 14 heavy (non-hydrogen) atoms. The molecule has 2 nitrogen and oxygen atoms in total. The van der Waals surface area contributed by atoms with Gasteiger partial charge < -0.3 is 9.84 Å². The quantitative estimate of drug-likeness (QED) is 0.363. The van der Waals surface area contributed by atoms with Gasteiger partial charge in [-0.05, 0) is 13.8 Å². The third kappa shape index (κ3) is 2.93. The van der Waals surface area contributed by atoms with Crippen LogP contribution in [0.3, 0.4) is 0 Å². The van der Waals surface area contributed by atoms with Gasteiger partial charge in [0.15, 0.2) is 0 Å². The fraction of sp³-hybridized carbons (Fsp3) is 1.00. The van der Waals surface area contributed by atoms with E-state index in [4.69, 9.17) is 5.11 Å². The van der Waals surface area contributed by atoms with E-state index in [2.05, 4.69) is 4.74 Å². The largest absolute Gasteiger partial charge is 0.371 e. The first-order valence-corrected chi connectivity index (χ1v) is 4.77. The number of ether oxygens (including phenoxy) is 1. The molecule has 0 atom stereocenters. The van der Waals surface area contributed by atoms with Gasteiger partial charge in [0.2, 0.25) is 0 Å². The Morgan fingerprint density at radius 1 is 1.21 bits per heavy atom. The second-order valence-electron chi connectivity index (χ2n) is 3.23. The van der Waals surface area contributed by atoms with Crippen LogP contribution in [0.25, 0.3) is 0 Å². The lowest BCUT2D eigenvalue weighted by Crippen LogP contribution is -2.54. The van der Waals surface area contributed by atoms with Crippen molar-refractivity contribution in [2.45, 2.75) is 29.1 Å². The SMILES string of the molecule is CC(C)(I)C(F)(F)C(F)(F)COCO. The highest BCUT2D eigenvalue weighted by Gasteiger charge is 2.64. The fourth-order valence-corrected chi connectivity index (χ4v) is 1.09. The van der Waals surface area contributed by atoms with E-state index in [1.165, 1.54) is 22.6 Å². The highest BCUT2D eigenvalue weighted by molar-refractivity contribution is 14.1. The topological polar surface area (TPSA) is 29.5 Å². The van der Waals surface area contributed by atoms with Crippen molar-refractivity contribution in [3.05, 3.63) is 0 Å². The summed E-state index contributed by atoms with van der Waals surface area (Å²) < 4.78 is 54.0. The second kappa shape index (κ2) is 4.48. The van der Waals surface area contributed by atoms with Gasteiger partial charge in [0.05, 0.1) is 3.42 Å². The van der Waals surface area contributed by atoms with Crippen LogP contribution in [0.4, 0.5) is 17.6 Å². The van der Waals surface area contributed by atoms with E-state index in [0.717, 1.165) is 13.8 Å². The molecule has 0 saturated carbocycles. The van der Waals surface area contributed by atoms with E-state index in [1.807, 2.05) is 0 Å². The van der Waals surface area contributed by atoms with Gasteiger partial charge in [-0.15, -0.1) is 0 Å². The Kier molecular flexibility index (Phi) is 4.60. The van der Waals surface area contributed by atoms with Crippen LogP contribution >= 0.6 is 22.6 Å². The number of hydrogen-bond acceptors (Lipinski definition) is 2. The molecule has 0 aliphatic heterocycles. The summed E-state index contributed by atoms with van der Waals surface area (Å²) in [6.07, 6.45) is 0. The Hall–Kier alpha value is 0.370. The highest BCUT2D eigenvalue weighted by Crippen LogP contribution is 2.46. The van der Waals surface area contributed by atoms with Gasteiger partial charge in [0.25, 0.3) is 0 Å². The molecule has 0 spiro atoms. The van der Waals surface area contributed by atoms with Crippen molar-refractivity contribution in [2.75, 3.05) is 13.4 Å². The zero-order valence-corrected chi connectivity index (χ0v) is 9.82. The molecule has 0 aromatic rings. The van der Waals surface area contributed by atoms with Gasteiger partial charge in [-0.1, -0.05) is 22.6 Å². The maximum atomic E-state index is 13.1. The monoisotopic (exact) mass is 330 g/mol. The number of rotatable bonds is 5. The summed E-state index contributed by atoms with van der Waals surface area (Å²) in [4.78, 5) is 0. The van der Waals surface area contributed by atoms with Gasteiger partial charge in [-0.3, -0.25) is 0 Å². The number of hydrogen-bond donors (Lipinski definition) is 1. The summed E-state index contributed by atoms with van der Waals surface area (Å²) in [5.74, 6) is -8.49. The first-order valence-electron chi connectivity index (χ1n) is 3.69. The average Bonchev–Trinajstić information content (AvgIpc) is 1.98. The summed E-state index contributed by atoms with van der Waals surface area (Å²) in [5, 5.41) is 8.10. The molecule has 0 heterocycles. The van der Waals surface area contributed by atoms with Gasteiger partial charge in [0, 0.05) is 0 Å². The van der Waals surface area contributed by atoms with Crippen LogP contribution in [0.5, 0.6) is 0 Å². The van der Waals surface area contributed by atoms with Crippen molar-refractivity contribution < 1.29 is 27.4 Å². The van der Waals surface area contributed by atoms with Gasteiger partial charge >= 0.3 is 11.8 Å². The van der Waals surface area contributed by atoms with Gasteiger partial charge in [-0.25, -0.2) is 0 Å². The molecule has 0 aromatic carbocycles. The molecule has 1 N–H and O–H groups in total. The maximum Gasteiger partial charge on any atom is 0.334 e. The van der Waals surface area contributed by atoms with Gasteiger partial charge in [0.1, 0.15) is 13.4 Å². The van der Waals surface area contributed by atoms with E-state index in [0.29, 0.717) is 0 Å².